The van der Waals surface area contributed by atoms with Gasteiger partial charge < -0.3 is 4.98 Å². The number of aldehydes is 1. The number of hydrogen-bond acceptors (Lipinski definition) is 1. The molecule has 0 radical (unpaired) electrons. The van der Waals surface area contributed by atoms with Gasteiger partial charge in [0.25, 0.3) is 0 Å². The fourth-order valence-electron chi connectivity index (χ4n) is 1.77. The maximum atomic E-state index is 13.9. The van der Waals surface area contributed by atoms with Crippen molar-refractivity contribution in [3.05, 3.63) is 35.3 Å². The van der Waals surface area contributed by atoms with Crippen LogP contribution in [0, 0.1) is 5.82 Å². The van der Waals surface area contributed by atoms with E-state index in [1.165, 1.54) is 12.3 Å². The molecule has 1 N–H and O–H groups in total. The van der Waals surface area contributed by atoms with E-state index in [0.29, 0.717) is 22.8 Å². The number of nitrogens with one attached hydrogen (secondary N) is 1. The Morgan fingerprint density at radius 2 is 2.00 bits per heavy atom. The van der Waals surface area contributed by atoms with Crippen LogP contribution in [0.2, 0.25) is 0 Å². The average Bonchev–Trinajstić information content (AvgIpc) is 2.59. The molecule has 0 spiro atoms. The molecule has 1 aromatic heterocycles. The molecule has 1 aromatic carbocycles. The fourth-order valence-corrected chi connectivity index (χ4v) is 1.77. The van der Waals surface area contributed by atoms with E-state index in [-0.39, 0.29) is 11.2 Å². The minimum Gasteiger partial charge on any atom is -0.360 e. The standard InChI is InChI=1S/C13H14FNO/c1-13(2,3)9-4-10(14)12-8(7-16)6-15-11(12)5-9/h4-7,15H,1-3H3. The van der Waals surface area contributed by atoms with Gasteiger partial charge in [-0.2, -0.15) is 0 Å². The molecule has 0 saturated heterocycles. The Kier molecular flexibility index (Phi) is 2.34. The van der Waals surface area contributed by atoms with Crippen molar-refractivity contribution in [1.82, 2.24) is 4.98 Å². The highest BCUT2D eigenvalue weighted by atomic mass is 19.1. The monoisotopic (exact) mass is 219 g/mol. The molecule has 0 aliphatic carbocycles. The minimum absolute atomic E-state index is 0.110. The summed E-state index contributed by atoms with van der Waals surface area (Å²) in [6.07, 6.45) is 2.20. The summed E-state index contributed by atoms with van der Waals surface area (Å²) in [5.74, 6) is -0.342. The van der Waals surface area contributed by atoms with Crippen LogP contribution in [0.25, 0.3) is 10.9 Å². The Morgan fingerprint density at radius 1 is 1.31 bits per heavy atom. The molecule has 3 heteroatoms. The molecular weight excluding hydrogens is 205 g/mol. The zero-order valence-corrected chi connectivity index (χ0v) is 9.60. The van der Waals surface area contributed by atoms with Gasteiger partial charge in [0.1, 0.15) is 5.82 Å². The molecule has 0 aliphatic rings. The van der Waals surface area contributed by atoms with Gasteiger partial charge in [-0.05, 0) is 23.1 Å². The van der Waals surface area contributed by atoms with Gasteiger partial charge in [0.2, 0.25) is 0 Å². The third-order valence-corrected chi connectivity index (χ3v) is 2.76. The van der Waals surface area contributed by atoms with Crippen LogP contribution in [-0.2, 0) is 5.41 Å². The molecule has 2 nitrogen and oxygen atoms in total. The second-order valence-corrected chi connectivity index (χ2v) is 4.99. The first-order valence-corrected chi connectivity index (χ1v) is 5.20. The Balaban J connectivity index is 2.75. The fraction of sp³-hybridized carbons (Fsp3) is 0.308. The van der Waals surface area contributed by atoms with Crippen molar-refractivity contribution < 1.29 is 9.18 Å². The van der Waals surface area contributed by atoms with Crippen LogP contribution in [0.4, 0.5) is 4.39 Å². The number of H-pyrrole nitrogens is 1. The number of benzene rings is 1. The van der Waals surface area contributed by atoms with Crippen molar-refractivity contribution in [2.75, 3.05) is 0 Å². The number of rotatable bonds is 1. The predicted molar refractivity (Wildman–Crippen MR) is 62.3 cm³/mol. The second-order valence-electron chi connectivity index (χ2n) is 4.99. The molecule has 0 unspecified atom stereocenters. The SMILES string of the molecule is CC(C)(C)c1cc(F)c2c(C=O)c[nH]c2c1. The predicted octanol–water partition coefficient (Wildman–Crippen LogP) is 3.42. The summed E-state index contributed by atoms with van der Waals surface area (Å²) < 4.78 is 13.9. The van der Waals surface area contributed by atoms with Gasteiger partial charge in [0.05, 0.1) is 0 Å². The lowest BCUT2D eigenvalue weighted by atomic mass is 9.86. The first-order valence-electron chi connectivity index (χ1n) is 5.20. The van der Waals surface area contributed by atoms with Crippen molar-refractivity contribution >= 4 is 17.2 Å². The molecule has 0 bridgehead atoms. The molecular formula is C13H14FNO. The van der Waals surface area contributed by atoms with Gasteiger partial charge in [-0.3, -0.25) is 4.79 Å². The van der Waals surface area contributed by atoms with Gasteiger partial charge in [-0.1, -0.05) is 20.8 Å². The second kappa shape index (κ2) is 3.44. The quantitative estimate of drug-likeness (QED) is 0.732. The van der Waals surface area contributed by atoms with Crippen LogP contribution in [0.3, 0.4) is 0 Å². The number of carbonyl (C=O) groups excluding carboxylic acids is 1. The summed E-state index contributed by atoms with van der Waals surface area (Å²) in [5.41, 5.74) is 1.85. The number of halogens is 1. The summed E-state index contributed by atoms with van der Waals surface area (Å²) in [6, 6.07) is 3.40. The zero-order chi connectivity index (χ0) is 11.9. The summed E-state index contributed by atoms with van der Waals surface area (Å²) in [6.45, 7) is 6.07. The van der Waals surface area contributed by atoms with Crippen LogP contribution in [0.1, 0.15) is 36.7 Å². The molecule has 0 amide bonds. The van der Waals surface area contributed by atoms with Gasteiger partial charge in [-0.25, -0.2) is 4.39 Å². The maximum Gasteiger partial charge on any atom is 0.152 e. The van der Waals surface area contributed by atoms with E-state index in [1.54, 1.807) is 0 Å². The molecule has 0 aliphatic heterocycles. The average molecular weight is 219 g/mol. The van der Waals surface area contributed by atoms with Crippen molar-refractivity contribution in [3.63, 3.8) is 0 Å². The lowest BCUT2D eigenvalue weighted by Crippen LogP contribution is -2.11. The van der Waals surface area contributed by atoms with Gasteiger partial charge >= 0.3 is 0 Å². The number of aromatic nitrogens is 1. The molecule has 0 fully saturated rings. The smallest absolute Gasteiger partial charge is 0.152 e. The largest absolute Gasteiger partial charge is 0.360 e. The van der Waals surface area contributed by atoms with Crippen LogP contribution in [0.5, 0.6) is 0 Å². The first-order chi connectivity index (χ1) is 7.43. The van der Waals surface area contributed by atoms with Crippen LogP contribution in [0.15, 0.2) is 18.3 Å². The number of aromatic amines is 1. The van der Waals surface area contributed by atoms with E-state index in [9.17, 15) is 9.18 Å². The van der Waals surface area contributed by atoms with Gasteiger partial charge in [0, 0.05) is 22.7 Å². The van der Waals surface area contributed by atoms with Crippen molar-refractivity contribution in [2.45, 2.75) is 26.2 Å². The lowest BCUT2D eigenvalue weighted by Gasteiger charge is -2.19. The topological polar surface area (TPSA) is 32.9 Å². The van der Waals surface area contributed by atoms with Crippen LogP contribution in [-0.4, -0.2) is 11.3 Å². The lowest BCUT2D eigenvalue weighted by molar-refractivity contribution is 0.112. The number of fused-ring (bicyclic) bond motifs is 1. The van der Waals surface area contributed by atoms with E-state index in [4.69, 9.17) is 0 Å². The van der Waals surface area contributed by atoms with E-state index >= 15 is 0 Å². The normalized spacial score (nSPS) is 12.0. The zero-order valence-electron chi connectivity index (χ0n) is 9.60. The van der Waals surface area contributed by atoms with E-state index < -0.39 is 0 Å². The number of carbonyl (C=O) groups is 1. The third kappa shape index (κ3) is 1.62. The first kappa shape index (κ1) is 10.9. The van der Waals surface area contributed by atoms with E-state index in [1.807, 2.05) is 26.8 Å². The maximum absolute atomic E-state index is 13.9. The van der Waals surface area contributed by atoms with Crippen LogP contribution < -0.4 is 0 Å². The summed E-state index contributed by atoms with van der Waals surface area (Å²) in [5, 5.41) is 0.378. The minimum atomic E-state index is -0.342. The molecule has 84 valence electrons. The highest BCUT2D eigenvalue weighted by Crippen LogP contribution is 2.29. The third-order valence-electron chi connectivity index (χ3n) is 2.76. The summed E-state index contributed by atoms with van der Waals surface area (Å²) in [7, 11) is 0. The van der Waals surface area contributed by atoms with Crippen molar-refractivity contribution in [1.29, 1.82) is 0 Å². The molecule has 2 aromatic rings. The summed E-state index contributed by atoms with van der Waals surface area (Å²) in [4.78, 5) is 13.7. The Morgan fingerprint density at radius 3 is 2.56 bits per heavy atom. The van der Waals surface area contributed by atoms with E-state index in [0.717, 1.165) is 5.56 Å². The Hall–Kier alpha value is -1.64. The molecule has 1 heterocycles. The molecule has 0 atom stereocenters. The molecule has 2 rings (SSSR count). The highest BCUT2D eigenvalue weighted by molar-refractivity contribution is 5.97. The number of hydrogen-bond donors (Lipinski definition) is 1. The van der Waals surface area contributed by atoms with Crippen molar-refractivity contribution in [2.24, 2.45) is 0 Å². The van der Waals surface area contributed by atoms with Gasteiger partial charge in [-0.15, -0.1) is 0 Å². The van der Waals surface area contributed by atoms with Crippen LogP contribution >= 0.6 is 0 Å². The van der Waals surface area contributed by atoms with E-state index in [2.05, 4.69) is 4.98 Å². The Bertz CT molecular complexity index is 549. The van der Waals surface area contributed by atoms with Gasteiger partial charge in [0.15, 0.2) is 6.29 Å². The summed E-state index contributed by atoms with van der Waals surface area (Å²) >= 11 is 0. The molecule has 16 heavy (non-hydrogen) atoms. The Labute approximate surface area is 93.5 Å². The molecule has 0 saturated carbocycles. The highest BCUT2D eigenvalue weighted by Gasteiger charge is 2.18. The van der Waals surface area contributed by atoms with Crippen molar-refractivity contribution in [3.8, 4) is 0 Å².